The molecule has 3 N–H and O–H groups in total. The highest BCUT2D eigenvalue weighted by atomic mass is 35.5. The van der Waals surface area contributed by atoms with E-state index in [-0.39, 0.29) is 33.9 Å². The zero-order valence-corrected chi connectivity index (χ0v) is 23.4. The Morgan fingerprint density at radius 3 is 2.84 bits per heavy atom. The number of amides is 2. The number of thiazole rings is 1. The van der Waals surface area contributed by atoms with E-state index in [4.69, 9.17) is 26.9 Å². The van der Waals surface area contributed by atoms with Gasteiger partial charge in [-0.1, -0.05) is 46.4 Å². The van der Waals surface area contributed by atoms with Crippen molar-refractivity contribution in [3.63, 3.8) is 0 Å². The van der Waals surface area contributed by atoms with Crippen molar-refractivity contribution in [2.75, 3.05) is 31.0 Å². The van der Waals surface area contributed by atoms with E-state index >= 15 is 0 Å². The number of hydrogen-bond donors (Lipinski definition) is 2. The number of esters is 1. The molecule has 2 aromatic rings. The summed E-state index contributed by atoms with van der Waals surface area (Å²) in [5.74, 6) is -0.998. The number of fused-ring (bicyclic) bond motifs is 1. The third-order valence-corrected chi connectivity index (χ3v) is 9.11. The number of nitrogens with zero attached hydrogens (tertiary/aromatic N) is 5. The molecule has 4 heterocycles. The first-order chi connectivity index (χ1) is 17.7. The maximum Gasteiger partial charge on any atom is 0.355 e. The lowest BCUT2D eigenvalue weighted by Gasteiger charge is -2.49. The van der Waals surface area contributed by atoms with Crippen LogP contribution in [0.2, 0.25) is 0 Å². The molecule has 2 atom stereocenters. The Morgan fingerprint density at radius 2 is 2.22 bits per heavy atom. The number of oxime groups is 1. The number of halogens is 1. The van der Waals surface area contributed by atoms with Crippen LogP contribution in [-0.4, -0.2) is 80.2 Å². The second kappa shape index (κ2) is 11.8. The highest BCUT2D eigenvalue weighted by Gasteiger charge is 2.54. The van der Waals surface area contributed by atoms with E-state index < -0.39 is 29.2 Å². The number of nitrogens with one attached hydrogen (secondary N) is 1. The summed E-state index contributed by atoms with van der Waals surface area (Å²) in [7, 11) is 1.29. The van der Waals surface area contributed by atoms with Gasteiger partial charge in [0, 0.05) is 21.9 Å². The van der Waals surface area contributed by atoms with Crippen molar-refractivity contribution in [1.82, 2.24) is 25.4 Å². The summed E-state index contributed by atoms with van der Waals surface area (Å²) in [5.41, 5.74) is 6.59. The number of anilines is 1. The van der Waals surface area contributed by atoms with Crippen LogP contribution >= 0.6 is 57.8 Å². The highest BCUT2D eigenvalue weighted by Crippen LogP contribution is 2.42. The minimum atomic E-state index is -0.902. The largest absolute Gasteiger partial charge is 0.455 e. The van der Waals surface area contributed by atoms with Gasteiger partial charge in [0.05, 0.1) is 0 Å². The Labute approximate surface area is 232 Å². The smallest absolute Gasteiger partial charge is 0.355 e. The van der Waals surface area contributed by atoms with Gasteiger partial charge in [-0.25, -0.2) is 9.78 Å². The first-order valence-electron chi connectivity index (χ1n) is 10.4. The Balaban J connectivity index is 1.53. The lowest BCUT2D eigenvalue weighted by molar-refractivity contribution is -0.152. The zero-order chi connectivity index (χ0) is 26.7. The highest BCUT2D eigenvalue weighted by molar-refractivity contribution is 8.01. The normalized spacial score (nSPS) is 19.3. The number of rotatable bonds is 10. The van der Waals surface area contributed by atoms with Gasteiger partial charge in [-0.3, -0.25) is 14.5 Å². The number of aromatic nitrogens is 3. The number of β-lactam (4-membered cyclic amide) rings is 1. The van der Waals surface area contributed by atoms with Crippen molar-refractivity contribution < 1.29 is 24.0 Å². The van der Waals surface area contributed by atoms with E-state index in [0.29, 0.717) is 17.1 Å². The predicted molar refractivity (Wildman–Crippen MR) is 143 cm³/mol. The summed E-state index contributed by atoms with van der Waals surface area (Å²) >= 11 is 11.2. The van der Waals surface area contributed by atoms with Crippen LogP contribution < -0.4 is 11.1 Å². The molecular formula is C20H20ClN7O5S4. The van der Waals surface area contributed by atoms with Crippen LogP contribution in [0, 0.1) is 6.92 Å². The number of ether oxygens (including phenoxy) is 1. The summed E-state index contributed by atoms with van der Waals surface area (Å²) in [4.78, 5) is 49.4. The summed E-state index contributed by atoms with van der Waals surface area (Å²) in [5, 5.41) is 16.8. The van der Waals surface area contributed by atoms with Crippen LogP contribution in [0.3, 0.4) is 0 Å². The molecule has 2 aliphatic rings. The first-order valence-corrected chi connectivity index (χ1v) is 14.5. The molecule has 196 valence electrons. The van der Waals surface area contributed by atoms with Crippen LogP contribution in [0.15, 0.2) is 37.8 Å². The van der Waals surface area contributed by atoms with Gasteiger partial charge in [0.2, 0.25) is 0 Å². The molecule has 0 spiro atoms. The molecule has 1 unspecified atom stereocenters. The number of carbonyl (C=O) groups is 3. The van der Waals surface area contributed by atoms with Crippen molar-refractivity contribution in [2.24, 2.45) is 5.16 Å². The maximum atomic E-state index is 13.2. The van der Waals surface area contributed by atoms with Crippen molar-refractivity contribution >= 4 is 86.4 Å². The number of thioether (sulfide) groups is 2. The molecular weight excluding hydrogens is 582 g/mol. The summed E-state index contributed by atoms with van der Waals surface area (Å²) in [6.07, 6.45) is 0. The van der Waals surface area contributed by atoms with Gasteiger partial charge in [-0.05, 0) is 12.5 Å². The monoisotopic (exact) mass is 601 g/mol. The average Bonchev–Trinajstić information content (AvgIpc) is 3.49. The fourth-order valence-corrected chi connectivity index (χ4v) is 7.29. The van der Waals surface area contributed by atoms with E-state index in [0.717, 1.165) is 20.7 Å². The van der Waals surface area contributed by atoms with E-state index in [1.54, 1.807) is 5.38 Å². The number of nitrogens with two attached hydrogens (primary N) is 1. The molecule has 0 aromatic carbocycles. The second-order valence-electron chi connectivity index (χ2n) is 7.48. The quantitative estimate of drug-likeness (QED) is 0.135. The van der Waals surface area contributed by atoms with Crippen LogP contribution in [0.25, 0.3) is 0 Å². The Bertz CT molecular complexity index is 1310. The van der Waals surface area contributed by atoms with Gasteiger partial charge in [-0.2, -0.15) is 0 Å². The third kappa shape index (κ3) is 6.09. The van der Waals surface area contributed by atoms with Gasteiger partial charge in [0.1, 0.15) is 41.5 Å². The summed E-state index contributed by atoms with van der Waals surface area (Å²) < 4.78 is 6.01. The average molecular weight is 602 g/mol. The standard InChI is InChI=1S/C20H20ClN7O5S4/c1-8(21)4-33-18(31)14-10(6-36-20-26-25-9(2)37-20)5-34-17-13(16(30)28(14)17)24-15(29)12(27-32-3)11-7-35-19(22)23-11/h7,13,17H,1,4-6H2,2-3H3,(H2,22,23)(H,24,29)/t13?,17-/m1/s1. The van der Waals surface area contributed by atoms with Crippen LogP contribution in [0.5, 0.6) is 0 Å². The number of aryl methyl sites for hydroxylation is 1. The van der Waals surface area contributed by atoms with Gasteiger partial charge in [0.15, 0.2) is 15.2 Å². The molecule has 0 aliphatic carbocycles. The maximum absolute atomic E-state index is 13.2. The molecule has 1 fully saturated rings. The molecule has 0 radical (unpaired) electrons. The first kappa shape index (κ1) is 27.4. The molecule has 2 aromatic heterocycles. The van der Waals surface area contributed by atoms with Gasteiger partial charge in [0.25, 0.3) is 11.8 Å². The van der Waals surface area contributed by atoms with Crippen LogP contribution in [0.4, 0.5) is 5.13 Å². The Kier molecular flexibility index (Phi) is 8.74. The zero-order valence-electron chi connectivity index (χ0n) is 19.4. The molecule has 12 nitrogen and oxygen atoms in total. The fraction of sp³-hybridized carbons (Fsp3) is 0.350. The molecule has 37 heavy (non-hydrogen) atoms. The topological polar surface area (TPSA) is 162 Å². The van der Waals surface area contributed by atoms with Gasteiger partial charge < -0.3 is 20.6 Å². The Morgan fingerprint density at radius 1 is 1.43 bits per heavy atom. The van der Waals surface area contributed by atoms with Crippen molar-refractivity contribution in [1.29, 1.82) is 0 Å². The van der Waals surface area contributed by atoms with Gasteiger partial charge in [-0.15, -0.1) is 33.3 Å². The van der Waals surface area contributed by atoms with Crippen LogP contribution in [0.1, 0.15) is 10.7 Å². The minimum Gasteiger partial charge on any atom is -0.455 e. The molecule has 4 rings (SSSR count). The molecule has 17 heteroatoms. The molecule has 1 saturated heterocycles. The van der Waals surface area contributed by atoms with E-state index in [1.807, 2.05) is 6.92 Å². The van der Waals surface area contributed by atoms with Crippen LogP contribution in [-0.2, 0) is 24.0 Å². The number of carbonyl (C=O) groups excluding carboxylic acids is 3. The fourth-order valence-electron chi connectivity index (χ4n) is 3.38. The van der Waals surface area contributed by atoms with E-state index in [1.165, 1.54) is 46.9 Å². The SMILES string of the molecule is C=C(Cl)COC(=O)C1=C(CSc2nnc(C)s2)CS[C@@H]2C(NC(=O)C(=NOC)c3csc(N)n3)C(=O)N12. The van der Waals surface area contributed by atoms with Gasteiger partial charge >= 0.3 is 5.97 Å². The van der Waals surface area contributed by atoms with E-state index in [9.17, 15) is 14.4 Å². The van der Waals surface area contributed by atoms with Crippen molar-refractivity contribution in [3.05, 3.63) is 39.0 Å². The number of nitrogen functional groups attached to an aromatic ring is 1. The molecule has 2 amide bonds. The molecule has 0 bridgehead atoms. The lowest BCUT2D eigenvalue weighted by Crippen LogP contribution is -2.71. The minimum absolute atomic E-state index is 0.122. The lowest BCUT2D eigenvalue weighted by atomic mass is 10.0. The summed E-state index contributed by atoms with van der Waals surface area (Å²) in [6, 6.07) is -0.902. The second-order valence-corrected chi connectivity index (χ2v) is 12.4. The number of hydrogen-bond acceptors (Lipinski definition) is 14. The van der Waals surface area contributed by atoms with Crippen molar-refractivity contribution in [2.45, 2.75) is 22.7 Å². The molecule has 2 aliphatic heterocycles. The third-order valence-electron chi connectivity index (χ3n) is 4.93. The van der Waals surface area contributed by atoms with Crippen molar-refractivity contribution in [3.8, 4) is 0 Å². The predicted octanol–water partition coefficient (Wildman–Crippen LogP) is 1.98. The molecule has 0 saturated carbocycles. The van der Waals surface area contributed by atoms with E-state index in [2.05, 4.69) is 32.2 Å². The Hall–Kier alpha value is -2.66. The summed E-state index contributed by atoms with van der Waals surface area (Å²) in [6.45, 7) is 5.17.